The number of halogens is 1. The number of anilines is 1. The van der Waals surface area contributed by atoms with Gasteiger partial charge in [0.15, 0.2) is 0 Å². The zero-order valence-corrected chi connectivity index (χ0v) is 18.2. The van der Waals surface area contributed by atoms with Crippen molar-refractivity contribution in [1.29, 1.82) is 0 Å². The number of carbonyl (C=O) groups is 3. The summed E-state index contributed by atoms with van der Waals surface area (Å²) >= 11 is 6.22. The predicted molar refractivity (Wildman–Crippen MR) is 116 cm³/mol. The Morgan fingerprint density at radius 2 is 1.94 bits per heavy atom. The van der Waals surface area contributed by atoms with Crippen LogP contribution in [0.3, 0.4) is 0 Å². The standard InChI is InChI=1S/C23H22ClN3O5/c1-11(28)19-17-18(23(26-19)14-9-13(24)7-8-15(14)25-22(23)31)21(30)27(20(17)29)10-12-5-3-4-6-16(12)32-2/h3-9,11,17-19,26,28H,10H2,1-2H3,(H,25,31)/t11-,17+,18+,19-,23+/m1/s1. The van der Waals surface area contributed by atoms with Crippen LogP contribution in [0.25, 0.3) is 0 Å². The van der Waals surface area contributed by atoms with Crippen molar-refractivity contribution >= 4 is 35.0 Å². The molecule has 2 fully saturated rings. The van der Waals surface area contributed by atoms with E-state index in [1.807, 2.05) is 0 Å². The fourth-order valence-corrected chi connectivity index (χ4v) is 5.51. The van der Waals surface area contributed by atoms with Gasteiger partial charge in [-0.3, -0.25) is 24.6 Å². The van der Waals surface area contributed by atoms with Crippen molar-refractivity contribution in [2.24, 2.45) is 11.8 Å². The fraction of sp³-hybridized carbons (Fsp3) is 0.348. The lowest BCUT2D eigenvalue weighted by Crippen LogP contribution is -2.54. The van der Waals surface area contributed by atoms with Gasteiger partial charge in [-0.2, -0.15) is 0 Å². The molecule has 32 heavy (non-hydrogen) atoms. The van der Waals surface area contributed by atoms with Crippen LogP contribution in [0.1, 0.15) is 18.1 Å². The number of rotatable bonds is 4. The molecule has 1 spiro atoms. The van der Waals surface area contributed by atoms with Gasteiger partial charge in [-0.15, -0.1) is 0 Å². The quantitative estimate of drug-likeness (QED) is 0.605. The minimum Gasteiger partial charge on any atom is -0.496 e. The van der Waals surface area contributed by atoms with Crippen molar-refractivity contribution in [3.63, 3.8) is 0 Å². The number of amides is 3. The summed E-state index contributed by atoms with van der Waals surface area (Å²) in [5.74, 6) is -2.68. The Balaban J connectivity index is 1.62. The Labute approximate surface area is 189 Å². The number of methoxy groups -OCH3 is 1. The number of hydrogen-bond donors (Lipinski definition) is 3. The molecule has 2 aromatic rings. The third-order valence-electron chi connectivity index (χ3n) is 6.74. The monoisotopic (exact) mass is 455 g/mol. The van der Waals surface area contributed by atoms with Gasteiger partial charge >= 0.3 is 0 Å². The summed E-state index contributed by atoms with van der Waals surface area (Å²) < 4.78 is 5.37. The van der Waals surface area contributed by atoms with Crippen LogP contribution in [0, 0.1) is 11.8 Å². The van der Waals surface area contributed by atoms with Crippen molar-refractivity contribution in [3.05, 3.63) is 58.6 Å². The minimum absolute atomic E-state index is 0.0152. The van der Waals surface area contributed by atoms with Crippen molar-refractivity contribution in [1.82, 2.24) is 10.2 Å². The summed E-state index contributed by atoms with van der Waals surface area (Å²) in [6.07, 6.45) is -0.971. The van der Waals surface area contributed by atoms with Crippen molar-refractivity contribution in [3.8, 4) is 5.75 Å². The predicted octanol–water partition coefficient (Wildman–Crippen LogP) is 1.65. The fourth-order valence-electron chi connectivity index (χ4n) is 5.34. The molecule has 0 unspecified atom stereocenters. The van der Waals surface area contributed by atoms with Crippen LogP contribution in [0.4, 0.5) is 5.69 Å². The number of nitrogens with zero attached hydrogens (tertiary/aromatic N) is 1. The molecule has 3 aliphatic heterocycles. The van der Waals surface area contributed by atoms with Gasteiger partial charge in [0.2, 0.25) is 17.7 Å². The van der Waals surface area contributed by atoms with Crippen molar-refractivity contribution < 1.29 is 24.2 Å². The van der Waals surface area contributed by atoms with Crippen molar-refractivity contribution in [2.75, 3.05) is 12.4 Å². The van der Waals surface area contributed by atoms with E-state index in [2.05, 4.69) is 10.6 Å². The normalized spacial score (nSPS) is 29.3. The minimum atomic E-state index is -1.49. The highest BCUT2D eigenvalue weighted by atomic mass is 35.5. The van der Waals surface area contributed by atoms with Crippen LogP contribution in [0.2, 0.25) is 5.02 Å². The molecule has 9 heteroatoms. The number of para-hydroxylation sites is 1. The van der Waals surface area contributed by atoms with Crippen LogP contribution < -0.4 is 15.4 Å². The van der Waals surface area contributed by atoms with Crippen LogP contribution in [-0.4, -0.2) is 47.0 Å². The Hall–Kier alpha value is -2.94. The van der Waals surface area contributed by atoms with E-state index >= 15 is 0 Å². The summed E-state index contributed by atoms with van der Waals surface area (Å²) in [5.41, 5.74) is 0.217. The maximum atomic E-state index is 13.7. The van der Waals surface area contributed by atoms with E-state index in [0.29, 0.717) is 27.6 Å². The van der Waals surface area contributed by atoms with E-state index in [-0.39, 0.29) is 6.54 Å². The number of benzene rings is 2. The third-order valence-corrected chi connectivity index (χ3v) is 6.98. The van der Waals surface area contributed by atoms with Crippen molar-refractivity contribution in [2.45, 2.75) is 31.2 Å². The first-order chi connectivity index (χ1) is 15.3. The second-order valence-corrected chi connectivity index (χ2v) is 8.88. The smallest absolute Gasteiger partial charge is 0.250 e. The third kappa shape index (κ3) is 2.73. The lowest BCUT2D eigenvalue weighted by atomic mass is 9.76. The second-order valence-electron chi connectivity index (χ2n) is 8.44. The summed E-state index contributed by atoms with van der Waals surface area (Å²) in [5, 5.41) is 16.8. The van der Waals surface area contributed by atoms with Gasteiger partial charge in [-0.25, -0.2) is 0 Å². The van der Waals surface area contributed by atoms with Gasteiger partial charge in [-0.05, 0) is 31.2 Å². The van der Waals surface area contributed by atoms with E-state index in [0.717, 1.165) is 0 Å². The molecule has 0 aliphatic carbocycles. The van der Waals surface area contributed by atoms with Crippen LogP contribution in [0.5, 0.6) is 5.75 Å². The number of hydrogen-bond acceptors (Lipinski definition) is 6. The molecule has 0 bridgehead atoms. The molecular formula is C23H22ClN3O5. The van der Waals surface area contributed by atoms with Crippen LogP contribution in [0.15, 0.2) is 42.5 Å². The molecule has 2 saturated heterocycles. The van der Waals surface area contributed by atoms with Gasteiger partial charge in [0, 0.05) is 27.9 Å². The van der Waals surface area contributed by atoms with E-state index < -0.39 is 47.2 Å². The zero-order chi connectivity index (χ0) is 22.8. The Bertz CT molecular complexity index is 1150. The summed E-state index contributed by atoms with van der Waals surface area (Å²) in [4.78, 5) is 41.7. The Kier molecular flexibility index (Phi) is 4.77. The first-order valence-corrected chi connectivity index (χ1v) is 10.7. The number of ether oxygens (including phenoxy) is 1. The summed E-state index contributed by atoms with van der Waals surface area (Å²) in [7, 11) is 1.52. The first-order valence-electron chi connectivity index (χ1n) is 10.3. The Morgan fingerprint density at radius 3 is 2.66 bits per heavy atom. The highest BCUT2D eigenvalue weighted by molar-refractivity contribution is 6.31. The highest BCUT2D eigenvalue weighted by Gasteiger charge is 2.71. The maximum Gasteiger partial charge on any atom is 0.250 e. The topological polar surface area (TPSA) is 108 Å². The highest BCUT2D eigenvalue weighted by Crippen LogP contribution is 2.54. The van der Waals surface area contributed by atoms with E-state index in [4.69, 9.17) is 16.3 Å². The first kappa shape index (κ1) is 20.9. The SMILES string of the molecule is COc1ccccc1CN1C(=O)[C@@H]2[C@@H]([C@@H](C)O)N[C@]3(C(=O)Nc4ccc(Cl)cc43)[C@@H]2C1=O. The maximum absolute atomic E-state index is 13.7. The van der Waals surface area contributed by atoms with E-state index in [1.54, 1.807) is 49.4 Å². The van der Waals surface area contributed by atoms with E-state index in [9.17, 15) is 19.5 Å². The van der Waals surface area contributed by atoms with Gasteiger partial charge in [-0.1, -0.05) is 29.8 Å². The molecule has 8 nitrogen and oxygen atoms in total. The average Bonchev–Trinajstić information content (AvgIpc) is 3.35. The Morgan fingerprint density at radius 1 is 1.19 bits per heavy atom. The number of aliphatic hydroxyl groups excluding tert-OH is 1. The molecule has 5 rings (SSSR count). The van der Waals surface area contributed by atoms with Gasteiger partial charge in [0.1, 0.15) is 11.3 Å². The molecular weight excluding hydrogens is 434 g/mol. The summed E-state index contributed by atoms with van der Waals surface area (Å²) in [6.45, 7) is 1.56. The number of aliphatic hydroxyl groups is 1. The summed E-state index contributed by atoms with van der Waals surface area (Å²) in [6, 6.07) is 11.3. The van der Waals surface area contributed by atoms with Gasteiger partial charge in [0.05, 0.1) is 31.6 Å². The number of likely N-dealkylation sites (tertiary alicyclic amines) is 1. The number of imide groups is 1. The van der Waals surface area contributed by atoms with Crippen LogP contribution >= 0.6 is 11.6 Å². The molecule has 0 saturated carbocycles. The molecule has 3 heterocycles. The molecule has 0 aromatic heterocycles. The van der Waals surface area contributed by atoms with E-state index in [1.165, 1.54) is 12.0 Å². The van der Waals surface area contributed by atoms with Gasteiger partial charge < -0.3 is 15.2 Å². The molecule has 2 aromatic carbocycles. The van der Waals surface area contributed by atoms with Gasteiger partial charge in [0.25, 0.3) is 0 Å². The lowest BCUT2D eigenvalue weighted by molar-refractivity contribution is -0.143. The molecule has 0 radical (unpaired) electrons. The number of fused-ring (bicyclic) bond motifs is 4. The van der Waals surface area contributed by atoms with Crippen LogP contribution in [-0.2, 0) is 26.5 Å². The zero-order valence-electron chi connectivity index (χ0n) is 17.5. The number of nitrogens with one attached hydrogen (secondary N) is 2. The molecule has 3 aliphatic rings. The average molecular weight is 456 g/mol. The largest absolute Gasteiger partial charge is 0.496 e. The molecule has 166 valence electrons. The lowest BCUT2D eigenvalue weighted by Gasteiger charge is -2.30. The molecule has 3 N–H and O–H groups in total. The molecule has 5 atom stereocenters. The molecule has 3 amide bonds. The second kappa shape index (κ2) is 7.30. The number of carbonyl (C=O) groups excluding carboxylic acids is 3.